The van der Waals surface area contributed by atoms with E-state index in [4.69, 9.17) is 4.98 Å². The van der Waals surface area contributed by atoms with Gasteiger partial charge in [0.15, 0.2) is 0 Å². The van der Waals surface area contributed by atoms with E-state index in [9.17, 15) is 0 Å². The van der Waals surface area contributed by atoms with Crippen LogP contribution in [0.2, 0.25) is 0 Å². The minimum atomic E-state index is 0.161. The maximum Gasteiger partial charge on any atom is 0.108 e. The van der Waals surface area contributed by atoms with Crippen LogP contribution in [0.25, 0.3) is 10.2 Å². The van der Waals surface area contributed by atoms with Gasteiger partial charge >= 0.3 is 0 Å². The molecule has 1 N–H and O–H groups in total. The first-order chi connectivity index (χ1) is 8.54. The van der Waals surface area contributed by atoms with Crippen molar-refractivity contribution < 1.29 is 0 Å². The molecule has 3 heteroatoms. The van der Waals surface area contributed by atoms with Gasteiger partial charge in [-0.1, -0.05) is 32.9 Å². The van der Waals surface area contributed by atoms with Crippen LogP contribution in [0.1, 0.15) is 44.2 Å². The summed E-state index contributed by atoms with van der Waals surface area (Å²) in [5.74, 6) is 0. The Morgan fingerprint density at radius 3 is 2.78 bits per heavy atom. The third-order valence-corrected chi connectivity index (χ3v) is 4.41. The van der Waals surface area contributed by atoms with Gasteiger partial charge in [-0.2, -0.15) is 0 Å². The summed E-state index contributed by atoms with van der Waals surface area (Å²) in [7, 11) is 0. The van der Waals surface area contributed by atoms with E-state index < -0.39 is 0 Å². The van der Waals surface area contributed by atoms with Crippen molar-refractivity contribution in [1.82, 2.24) is 10.3 Å². The molecule has 1 heterocycles. The lowest BCUT2D eigenvalue weighted by Gasteiger charge is -2.19. The van der Waals surface area contributed by atoms with Crippen LogP contribution in [0.4, 0.5) is 0 Å². The number of hydrogen-bond acceptors (Lipinski definition) is 3. The van der Waals surface area contributed by atoms with Crippen LogP contribution < -0.4 is 5.32 Å². The number of nitrogens with zero attached hydrogens (tertiary/aromatic N) is 1. The molecule has 1 aromatic heterocycles. The highest BCUT2D eigenvalue weighted by atomic mass is 32.1. The molecule has 18 heavy (non-hydrogen) atoms. The quantitative estimate of drug-likeness (QED) is 0.907. The fourth-order valence-electron chi connectivity index (χ4n) is 2.19. The number of aromatic nitrogens is 1. The second kappa shape index (κ2) is 4.32. The molecule has 0 saturated heterocycles. The third kappa shape index (κ3) is 2.43. The van der Waals surface area contributed by atoms with Gasteiger partial charge in [0.25, 0.3) is 0 Å². The topological polar surface area (TPSA) is 24.9 Å². The summed E-state index contributed by atoms with van der Waals surface area (Å²) in [6, 6.07) is 7.29. The first kappa shape index (κ1) is 12.1. The zero-order valence-electron chi connectivity index (χ0n) is 11.3. The highest BCUT2D eigenvalue weighted by Gasteiger charge is 2.22. The predicted octanol–water partition coefficient (Wildman–Crippen LogP) is 3.85. The van der Waals surface area contributed by atoms with Gasteiger partial charge in [-0.15, -0.1) is 11.3 Å². The zero-order chi connectivity index (χ0) is 12.8. The predicted molar refractivity (Wildman–Crippen MR) is 78.2 cm³/mol. The van der Waals surface area contributed by atoms with E-state index >= 15 is 0 Å². The molecular weight excluding hydrogens is 240 g/mol. The van der Waals surface area contributed by atoms with Crippen molar-refractivity contribution >= 4 is 21.6 Å². The van der Waals surface area contributed by atoms with Crippen molar-refractivity contribution in [2.45, 2.75) is 51.6 Å². The summed E-state index contributed by atoms with van der Waals surface area (Å²) in [6.45, 7) is 7.68. The van der Waals surface area contributed by atoms with E-state index in [0.29, 0.717) is 0 Å². The number of thiazole rings is 1. The molecule has 0 spiro atoms. The normalized spacial score (nSPS) is 16.4. The van der Waals surface area contributed by atoms with Crippen LogP contribution in [0.3, 0.4) is 0 Å². The number of rotatable bonds is 3. The molecule has 1 aliphatic carbocycles. The maximum atomic E-state index is 4.83. The van der Waals surface area contributed by atoms with Gasteiger partial charge in [-0.05, 0) is 29.9 Å². The largest absolute Gasteiger partial charge is 0.308 e. The highest BCUT2D eigenvalue weighted by molar-refractivity contribution is 7.18. The van der Waals surface area contributed by atoms with Gasteiger partial charge in [0.05, 0.1) is 10.2 Å². The Balaban J connectivity index is 1.94. The van der Waals surface area contributed by atoms with Crippen molar-refractivity contribution in [3.05, 3.63) is 28.8 Å². The Hall–Kier alpha value is -0.930. The van der Waals surface area contributed by atoms with Crippen LogP contribution in [0.15, 0.2) is 18.2 Å². The molecule has 0 aliphatic heterocycles. The summed E-state index contributed by atoms with van der Waals surface area (Å²) < 4.78 is 1.31. The lowest BCUT2D eigenvalue weighted by Crippen LogP contribution is -2.15. The second-order valence-corrected chi connectivity index (χ2v) is 7.28. The van der Waals surface area contributed by atoms with Crippen molar-refractivity contribution in [2.75, 3.05) is 0 Å². The monoisotopic (exact) mass is 260 g/mol. The van der Waals surface area contributed by atoms with Crippen LogP contribution in [0, 0.1) is 0 Å². The molecule has 1 saturated carbocycles. The average molecular weight is 260 g/mol. The molecule has 0 amide bonds. The Kier molecular flexibility index (Phi) is 2.91. The SMILES string of the molecule is CC(C)(C)c1cccc2sc(CNC3CC3)nc12. The molecule has 2 nitrogen and oxygen atoms in total. The fourth-order valence-corrected chi connectivity index (χ4v) is 3.14. The lowest BCUT2D eigenvalue weighted by atomic mass is 9.86. The molecule has 0 unspecified atom stereocenters. The second-order valence-electron chi connectivity index (χ2n) is 6.17. The highest BCUT2D eigenvalue weighted by Crippen LogP contribution is 2.32. The van der Waals surface area contributed by atoms with Crippen LogP contribution in [-0.4, -0.2) is 11.0 Å². The minimum Gasteiger partial charge on any atom is -0.308 e. The van der Waals surface area contributed by atoms with E-state index in [0.717, 1.165) is 12.6 Å². The number of benzene rings is 1. The Bertz CT molecular complexity index is 561. The molecule has 1 fully saturated rings. The number of fused-ring (bicyclic) bond motifs is 1. The van der Waals surface area contributed by atoms with E-state index in [1.807, 2.05) is 11.3 Å². The maximum absolute atomic E-state index is 4.83. The van der Waals surface area contributed by atoms with E-state index in [1.54, 1.807) is 0 Å². The summed E-state index contributed by atoms with van der Waals surface area (Å²) in [6.07, 6.45) is 2.66. The fraction of sp³-hybridized carbons (Fsp3) is 0.533. The summed E-state index contributed by atoms with van der Waals surface area (Å²) in [5, 5.41) is 4.76. The van der Waals surface area contributed by atoms with Crippen LogP contribution in [0.5, 0.6) is 0 Å². The molecule has 1 aliphatic rings. The molecule has 96 valence electrons. The van der Waals surface area contributed by atoms with Crippen LogP contribution >= 0.6 is 11.3 Å². The number of hydrogen-bond donors (Lipinski definition) is 1. The van der Waals surface area contributed by atoms with Gasteiger partial charge in [0.1, 0.15) is 5.01 Å². The Morgan fingerprint density at radius 1 is 1.33 bits per heavy atom. The van der Waals surface area contributed by atoms with E-state index in [-0.39, 0.29) is 5.41 Å². The first-order valence-corrected chi connectivity index (χ1v) is 7.48. The van der Waals surface area contributed by atoms with Gasteiger partial charge < -0.3 is 5.32 Å². The van der Waals surface area contributed by atoms with E-state index in [1.165, 1.54) is 33.6 Å². The third-order valence-electron chi connectivity index (χ3n) is 3.39. The molecular formula is C15H20N2S. The van der Waals surface area contributed by atoms with Gasteiger partial charge in [-0.25, -0.2) is 4.98 Å². The minimum absolute atomic E-state index is 0.161. The van der Waals surface area contributed by atoms with Crippen molar-refractivity contribution in [2.24, 2.45) is 0 Å². The molecule has 0 atom stereocenters. The van der Waals surface area contributed by atoms with Crippen molar-refractivity contribution in [1.29, 1.82) is 0 Å². The summed E-state index contributed by atoms with van der Waals surface area (Å²) in [4.78, 5) is 4.83. The van der Waals surface area contributed by atoms with Crippen molar-refractivity contribution in [3.63, 3.8) is 0 Å². The molecule has 2 aromatic rings. The summed E-state index contributed by atoms with van der Waals surface area (Å²) in [5.41, 5.74) is 2.71. The average Bonchev–Trinajstić information content (AvgIpc) is 3.03. The Labute approximate surface area is 112 Å². The first-order valence-electron chi connectivity index (χ1n) is 6.66. The van der Waals surface area contributed by atoms with Crippen LogP contribution in [-0.2, 0) is 12.0 Å². The molecule has 0 bridgehead atoms. The van der Waals surface area contributed by atoms with Crippen molar-refractivity contribution in [3.8, 4) is 0 Å². The smallest absolute Gasteiger partial charge is 0.108 e. The standard InChI is InChI=1S/C15H20N2S/c1-15(2,3)11-5-4-6-12-14(11)17-13(18-12)9-16-10-7-8-10/h4-6,10,16H,7-9H2,1-3H3. The molecule has 1 aromatic carbocycles. The zero-order valence-corrected chi connectivity index (χ0v) is 12.1. The Morgan fingerprint density at radius 2 is 2.11 bits per heavy atom. The molecule has 3 rings (SSSR count). The lowest BCUT2D eigenvalue weighted by molar-refractivity contribution is 0.594. The van der Waals surface area contributed by atoms with Gasteiger partial charge in [0, 0.05) is 12.6 Å². The van der Waals surface area contributed by atoms with Gasteiger partial charge in [0.2, 0.25) is 0 Å². The number of para-hydroxylation sites is 1. The summed E-state index contributed by atoms with van der Waals surface area (Å²) >= 11 is 1.82. The van der Waals surface area contributed by atoms with E-state index in [2.05, 4.69) is 44.3 Å². The number of nitrogens with one attached hydrogen (secondary N) is 1. The molecule has 0 radical (unpaired) electrons. The van der Waals surface area contributed by atoms with Gasteiger partial charge in [-0.3, -0.25) is 0 Å².